The van der Waals surface area contributed by atoms with Gasteiger partial charge in [-0.25, -0.2) is 9.97 Å². The number of hydrogen-bond donors (Lipinski definition) is 2. The van der Waals surface area contributed by atoms with E-state index in [1.807, 2.05) is 0 Å². The Morgan fingerprint density at radius 3 is 2.68 bits per heavy atom. The number of halogens is 1. The van der Waals surface area contributed by atoms with Crippen molar-refractivity contribution in [2.45, 2.75) is 44.6 Å². The molecule has 0 spiro atoms. The van der Waals surface area contributed by atoms with Gasteiger partial charge in [0.25, 0.3) is 0 Å². The van der Waals surface area contributed by atoms with Crippen LogP contribution in [0.1, 0.15) is 48.3 Å². The molecule has 1 aliphatic rings. The van der Waals surface area contributed by atoms with Crippen LogP contribution in [0, 0.1) is 6.92 Å². The Morgan fingerprint density at radius 2 is 2.05 bits per heavy atom. The number of rotatable bonds is 4. The minimum absolute atomic E-state index is 0.139. The summed E-state index contributed by atoms with van der Waals surface area (Å²) >= 11 is 5.91. The molecule has 104 valence electrons. The Morgan fingerprint density at radius 1 is 1.37 bits per heavy atom. The van der Waals surface area contributed by atoms with Crippen LogP contribution in [-0.2, 0) is 0 Å². The first kappa shape index (κ1) is 14.2. The quantitative estimate of drug-likeness (QED) is 0.655. The highest BCUT2D eigenvalue weighted by Gasteiger charge is 2.29. The number of aliphatic hydroxyl groups is 1. The van der Waals surface area contributed by atoms with Gasteiger partial charge in [-0.15, -0.1) is 0 Å². The summed E-state index contributed by atoms with van der Waals surface area (Å²) in [5.74, 6) is 0.889. The number of hydrogen-bond acceptors (Lipinski definition) is 5. The first-order valence-corrected chi connectivity index (χ1v) is 6.87. The van der Waals surface area contributed by atoms with E-state index in [0.717, 1.165) is 25.7 Å². The van der Waals surface area contributed by atoms with Crippen LogP contribution in [0.3, 0.4) is 0 Å². The van der Waals surface area contributed by atoms with Crippen LogP contribution in [0.15, 0.2) is 0 Å². The molecule has 0 amide bonds. The number of aldehydes is 1. The van der Waals surface area contributed by atoms with Crippen LogP contribution < -0.4 is 5.32 Å². The predicted octanol–water partition coefficient (Wildman–Crippen LogP) is 2.36. The molecule has 5 nitrogen and oxygen atoms in total. The summed E-state index contributed by atoms with van der Waals surface area (Å²) in [4.78, 5) is 19.1. The molecule has 1 aromatic heterocycles. The molecule has 1 saturated carbocycles. The molecule has 0 aromatic carbocycles. The molecule has 2 rings (SSSR count). The van der Waals surface area contributed by atoms with Gasteiger partial charge in [0, 0.05) is 6.54 Å². The van der Waals surface area contributed by atoms with Gasteiger partial charge in [0.05, 0.1) is 11.2 Å². The van der Waals surface area contributed by atoms with E-state index in [4.69, 9.17) is 11.6 Å². The highest BCUT2D eigenvalue weighted by Crippen LogP contribution is 2.29. The van der Waals surface area contributed by atoms with E-state index in [1.165, 1.54) is 6.42 Å². The number of aromatic nitrogens is 2. The van der Waals surface area contributed by atoms with Crippen LogP contribution >= 0.6 is 11.6 Å². The third kappa shape index (κ3) is 3.42. The fourth-order valence-corrected chi connectivity index (χ4v) is 2.68. The summed E-state index contributed by atoms with van der Waals surface area (Å²) in [6, 6.07) is 0. The van der Waals surface area contributed by atoms with Crippen molar-refractivity contribution in [3.05, 3.63) is 16.5 Å². The van der Waals surface area contributed by atoms with Gasteiger partial charge >= 0.3 is 0 Å². The molecule has 1 fully saturated rings. The standard InChI is InChI=1S/C13H18ClN3O2/c1-9-16-11(14)10(7-18)12(17-9)15-8-13(19)5-3-2-4-6-13/h7,19H,2-6,8H2,1H3,(H,15,16,17). The average molecular weight is 284 g/mol. The summed E-state index contributed by atoms with van der Waals surface area (Å²) in [5, 5.41) is 13.6. The van der Waals surface area contributed by atoms with Crippen molar-refractivity contribution in [2.24, 2.45) is 0 Å². The molecule has 1 heterocycles. The first-order chi connectivity index (χ1) is 9.04. The lowest BCUT2D eigenvalue weighted by molar-refractivity contribution is 0.0166. The van der Waals surface area contributed by atoms with E-state index in [0.29, 0.717) is 24.5 Å². The van der Waals surface area contributed by atoms with Crippen molar-refractivity contribution < 1.29 is 9.90 Å². The normalized spacial score (nSPS) is 18.1. The Kier molecular flexibility index (Phi) is 4.37. The minimum atomic E-state index is -0.719. The van der Waals surface area contributed by atoms with E-state index >= 15 is 0 Å². The molecule has 0 radical (unpaired) electrons. The maximum Gasteiger partial charge on any atom is 0.156 e. The van der Waals surface area contributed by atoms with Gasteiger partial charge in [0.1, 0.15) is 16.8 Å². The third-order valence-corrected chi connectivity index (χ3v) is 3.79. The van der Waals surface area contributed by atoms with Crippen LogP contribution in [-0.4, -0.2) is 33.5 Å². The van der Waals surface area contributed by atoms with Crippen molar-refractivity contribution in [2.75, 3.05) is 11.9 Å². The second-order valence-corrected chi connectivity index (χ2v) is 5.44. The third-order valence-electron chi connectivity index (χ3n) is 3.50. The van der Waals surface area contributed by atoms with Crippen molar-refractivity contribution >= 4 is 23.7 Å². The van der Waals surface area contributed by atoms with Crippen LogP contribution in [0.4, 0.5) is 5.82 Å². The van der Waals surface area contributed by atoms with Gasteiger partial charge in [-0.1, -0.05) is 30.9 Å². The minimum Gasteiger partial charge on any atom is -0.388 e. The number of nitrogens with zero attached hydrogens (tertiary/aromatic N) is 2. The lowest BCUT2D eigenvalue weighted by Gasteiger charge is -2.32. The summed E-state index contributed by atoms with van der Waals surface area (Å²) < 4.78 is 0. The van der Waals surface area contributed by atoms with Gasteiger partial charge in [-0.2, -0.15) is 0 Å². The lowest BCUT2D eigenvalue weighted by Crippen LogP contribution is -2.39. The largest absolute Gasteiger partial charge is 0.388 e. The number of carbonyl (C=O) groups excluding carboxylic acids is 1. The average Bonchev–Trinajstić information content (AvgIpc) is 2.37. The van der Waals surface area contributed by atoms with E-state index < -0.39 is 5.60 Å². The van der Waals surface area contributed by atoms with Gasteiger partial charge in [0.15, 0.2) is 6.29 Å². The monoisotopic (exact) mass is 283 g/mol. The van der Waals surface area contributed by atoms with Gasteiger partial charge in [-0.05, 0) is 19.8 Å². The van der Waals surface area contributed by atoms with Crippen molar-refractivity contribution in [3.63, 3.8) is 0 Å². The zero-order valence-corrected chi connectivity index (χ0v) is 11.7. The zero-order chi connectivity index (χ0) is 13.9. The molecule has 6 heteroatoms. The second-order valence-electron chi connectivity index (χ2n) is 5.08. The molecule has 1 aliphatic carbocycles. The van der Waals surface area contributed by atoms with Crippen molar-refractivity contribution in [3.8, 4) is 0 Å². The molecule has 19 heavy (non-hydrogen) atoms. The Balaban J connectivity index is 2.12. The van der Waals surface area contributed by atoms with E-state index in [9.17, 15) is 9.90 Å². The molecular weight excluding hydrogens is 266 g/mol. The molecule has 1 aromatic rings. The highest BCUT2D eigenvalue weighted by molar-refractivity contribution is 6.32. The topological polar surface area (TPSA) is 75.1 Å². The maximum atomic E-state index is 11.0. The molecule has 0 aliphatic heterocycles. The first-order valence-electron chi connectivity index (χ1n) is 6.50. The van der Waals surface area contributed by atoms with Gasteiger partial charge in [-0.3, -0.25) is 4.79 Å². The number of anilines is 1. The van der Waals surface area contributed by atoms with Crippen LogP contribution in [0.25, 0.3) is 0 Å². The molecule has 0 bridgehead atoms. The molecule has 0 atom stereocenters. The predicted molar refractivity (Wildman–Crippen MR) is 73.7 cm³/mol. The van der Waals surface area contributed by atoms with Crippen molar-refractivity contribution in [1.29, 1.82) is 0 Å². The van der Waals surface area contributed by atoms with E-state index in [-0.39, 0.29) is 10.7 Å². The van der Waals surface area contributed by atoms with E-state index in [2.05, 4.69) is 15.3 Å². The summed E-state index contributed by atoms with van der Waals surface area (Å²) in [7, 11) is 0. The van der Waals surface area contributed by atoms with Crippen LogP contribution in [0.2, 0.25) is 5.15 Å². The molecule has 0 unspecified atom stereocenters. The number of nitrogens with one attached hydrogen (secondary N) is 1. The number of aryl methyl sites for hydroxylation is 1. The lowest BCUT2D eigenvalue weighted by atomic mass is 9.85. The Bertz CT molecular complexity index is 473. The molecule has 0 saturated heterocycles. The maximum absolute atomic E-state index is 11.0. The smallest absolute Gasteiger partial charge is 0.156 e. The van der Waals surface area contributed by atoms with Crippen LogP contribution in [0.5, 0.6) is 0 Å². The van der Waals surface area contributed by atoms with E-state index in [1.54, 1.807) is 6.92 Å². The Hall–Kier alpha value is -1.20. The zero-order valence-electron chi connectivity index (χ0n) is 10.9. The Labute approximate surface area is 117 Å². The van der Waals surface area contributed by atoms with Gasteiger partial charge in [0.2, 0.25) is 0 Å². The van der Waals surface area contributed by atoms with Crippen molar-refractivity contribution in [1.82, 2.24) is 9.97 Å². The highest BCUT2D eigenvalue weighted by atomic mass is 35.5. The van der Waals surface area contributed by atoms with Gasteiger partial charge < -0.3 is 10.4 Å². The molecule has 2 N–H and O–H groups in total. The second kappa shape index (κ2) is 5.84. The summed E-state index contributed by atoms with van der Waals surface area (Å²) in [6.07, 6.45) is 5.41. The summed E-state index contributed by atoms with van der Waals surface area (Å²) in [5.41, 5.74) is -0.476. The summed E-state index contributed by atoms with van der Waals surface area (Å²) in [6.45, 7) is 2.08. The fourth-order valence-electron chi connectivity index (χ4n) is 2.42. The SMILES string of the molecule is Cc1nc(Cl)c(C=O)c(NCC2(O)CCCCC2)n1. The molecular formula is C13H18ClN3O2. The fraction of sp³-hybridized carbons (Fsp3) is 0.615. The number of carbonyl (C=O) groups is 1.